The maximum atomic E-state index is 12.1. The smallest absolute Gasteiger partial charge is 0.332 e. The van der Waals surface area contributed by atoms with Crippen molar-refractivity contribution in [3.05, 3.63) is 59.1 Å². The Kier molecular flexibility index (Phi) is 7.75. The molecule has 0 spiro atoms. The molecule has 2 atom stereocenters. The Bertz CT molecular complexity index is 883. The van der Waals surface area contributed by atoms with Gasteiger partial charge in [0.05, 0.1) is 0 Å². The lowest BCUT2D eigenvalue weighted by molar-refractivity contribution is -0.148. The summed E-state index contributed by atoms with van der Waals surface area (Å²) in [6, 6.07) is 14.1. The Morgan fingerprint density at radius 2 is 1.72 bits per heavy atom. The number of hydrogen-bond donors (Lipinski definition) is 3. The van der Waals surface area contributed by atoms with Gasteiger partial charge in [0.25, 0.3) is 0 Å². The third-order valence-corrected chi connectivity index (χ3v) is 4.56. The van der Waals surface area contributed by atoms with Crippen molar-refractivity contribution in [3.63, 3.8) is 0 Å². The Balaban J connectivity index is 2.15. The van der Waals surface area contributed by atoms with Gasteiger partial charge in [0.1, 0.15) is 0 Å². The van der Waals surface area contributed by atoms with Crippen molar-refractivity contribution in [3.8, 4) is 11.1 Å². The van der Waals surface area contributed by atoms with Crippen LogP contribution in [0, 0.1) is 0 Å². The van der Waals surface area contributed by atoms with Crippen molar-refractivity contribution in [1.29, 1.82) is 0 Å². The summed E-state index contributed by atoms with van der Waals surface area (Å²) < 4.78 is 0. The molecule has 0 heterocycles. The SMILES string of the molecule is CN(C)C(=O)C(=O)NC(Cc1ccc(-c2cccc(Cl)c2)cc1)CC(O)C(=O)O. The molecule has 0 aliphatic carbocycles. The van der Waals surface area contributed by atoms with E-state index in [1.807, 2.05) is 42.5 Å². The number of carbonyl (C=O) groups is 3. The normalized spacial score (nSPS) is 12.7. The molecule has 2 amide bonds. The molecule has 8 heteroatoms. The molecule has 0 bridgehead atoms. The van der Waals surface area contributed by atoms with Crippen molar-refractivity contribution in [1.82, 2.24) is 10.2 Å². The van der Waals surface area contributed by atoms with E-state index in [9.17, 15) is 19.5 Å². The molecular weight excluding hydrogens is 396 g/mol. The van der Waals surface area contributed by atoms with Gasteiger partial charge in [0.15, 0.2) is 6.10 Å². The van der Waals surface area contributed by atoms with E-state index < -0.39 is 29.9 Å². The van der Waals surface area contributed by atoms with Gasteiger partial charge in [0, 0.05) is 31.6 Å². The van der Waals surface area contributed by atoms with Crippen molar-refractivity contribution in [2.75, 3.05) is 14.1 Å². The lowest BCUT2D eigenvalue weighted by atomic mass is 9.98. The minimum Gasteiger partial charge on any atom is -0.479 e. The van der Waals surface area contributed by atoms with Gasteiger partial charge in [-0.1, -0.05) is 48.0 Å². The number of carbonyl (C=O) groups excluding carboxylic acids is 2. The minimum absolute atomic E-state index is 0.224. The Labute approximate surface area is 173 Å². The number of hydrogen-bond acceptors (Lipinski definition) is 4. The molecule has 0 saturated heterocycles. The summed E-state index contributed by atoms with van der Waals surface area (Å²) in [4.78, 5) is 36.0. The Hall–Kier alpha value is -2.90. The van der Waals surface area contributed by atoms with Gasteiger partial charge in [-0.2, -0.15) is 0 Å². The van der Waals surface area contributed by atoms with Crippen molar-refractivity contribution in [2.45, 2.75) is 25.0 Å². The van der Waals surface area contributed by atoms with Crippen LogP contribution >= 0.6 is 11.6 Å². The molecule has 2 unspecified atom stereocenters. The molecule has 154 valence electrons. The summed E-state index contributed by atoms with van der Waals surface area (Å²) in [5.41, 5.74) is 2.72. The average Bonchev–Trinajstić information content (AvgIpc) is 2.67. The van der Waals surface area contributed by atoms with Gasteiger partial charge in [-0.15, -0.1) is 0 Å². The molecule has 0 aromatic heterocycles. The second-order valence-electron chi connectivity index (χ2n) is 6.87. The van der Waals surface area contributed by atoms with Crippen LogP contribution in [0.5, 0.6) is 0 Å². The molecule has 0 saturated carbocycles. The van der Waals surface area contributed by atoms with Gasteiger partial charge in [-0.25, -0.2) is 4.79 Å². The van der Waals surface area contributed by atoms with Crippen LogP contribution in [0.1, 0.15) is 12.0 Å². The highest BCUT2D eigenvalue weighted by molar-refractivity contribution is 6.34. The van der Waals surface area contributed by atoms with Gasteiger partial charge < -0.3 is 20.4 Å². The van der Waals surface area contributed by atoms with Crippen molar-refractivity contribution in [2.24, 2.45) is 0 Å². The lowest BCUT2D eigenvalue weighted by Crippen LogP contribution is -2.46. The number of benzene rings is 2. The first-order valence-electron chi connectivity index (χ1n) is 8.95. The van der Waals surface area contributed by atoms with Crippen LogP contribution in [0.4, 0.5) is 0 Å². The van der Waals surface area contributed by atoms with E-state index in [0.29, 0.717) is 5.02 Å². The minimum atomic E-state index is -1.65. The first-order valence-corrected chi connectivity index (χ1v) is 9.33. The summed E-state index contributed by atoms with van der Waals surface area (Å²) in [5, 5.41) is 21.8. The second kappa shape index (κ2) is 10.0. The molecule has 2 rings (SSSR count). The van der Waals surface area contributed by atoms with Gasteiger partial charge in [-0.05, 0) is 35.2 Å². The summed E-state index contributed by atoms with van der Waals surface area (Å²) in [5.74, 6) is -3.00. The molecule has 0 radical (unpaired) electrons. The number of nitrogens with zero attached hydrogens (tertiary/aromatic N) is 1. The van der Waals surface area contributed by atoms with E-state index in [0.717, 1.165) is 21.6 Å². The summed E-state index contributed by atoms with van der Waals surface area (Å²) >= 11 is 6.02. The Morgan fingerprint density at radius 1 is 1.07 bits per heavy atom. The fourth-order valence-corrected chi connectivity index (χ4v) is 2.99. The molecule has 2 aromatic carbocycles. The van der Waals surface area contributed by atoms with Crippen LogP contribution in [0.3, 0.4) is 0 Å². The van der Waals surface area contributed by atoms with E-state index in [1.54, 1.807) is 6.07 Å². The fraction of sp³-hybridized carbons (Fsp3) is 0.286. The number of amides is 2. The third kappa shape index (κ3) is 6.58. The van der Waals surface area contributed by atoms with Gasteiger partial charge in [0.2, 0.25) is 0 Å². The van der Waals surface area contributed by atoms with Crippen LogP contribution in [-0.2, 0) is 20.8 Å². The van der Waals surface area contributed by atoms with Crippen LogP contribution in [0.2, 0.25) is 5.02 Å². The summed E-state index contributed by atoms with van der Waals surface area (Å²) in [6.45, 7) is 0. The highest BCUT2D eigenvalue weighted by Crippen LogP contribution is 2.23. The zero-order chi connectivity index (χ0) is 21.6. The number of nitrogens with one attached hydrogen (secondary N) is 1. The number of carboxylic acid groups (broad SMARTS) is 1. The maximum absolute atomic E-state index is 12.1. The van der Waals surface area contributed by atoms with Crippen LogP contribution in [0.15, 0.2) is 48.5 Å². The number of rotatable bonds is 7. The number of carboxylic acids is 1. The summed E-state index contributed by atoms with van der Waals surface area (Å²) in [6.07, 6.45) is -1.62. The van der Waals surface area contributed by atoms with Gasteiger partial charge >= 0.3 is 17.8 Å². The lowest BCUT2D eigenvalue weighted by Gasteiger charge is -2.21. The molecule has 3 N–H and O–H groups in total. The van der Waals surface area contributed by atoms with Crippen LogP contribution in [0.25, 0.3) is 11.1 Å². The molecule has 0 aliphatic heterocycles. The number of aliphatic hydroxyl groups excluding tert-OH is 1. The van der Waals surface area contributed by atoms with Crippen molar-refractivity contribution >= 4 is 29.4 Å². The molecule has 0 aliphatic rings. The van der Waals surface area contributed by atoms with E-state index >= 15 is 0 Å². The molecule has 0 fully saturated rings. The molecular formula is C21H23ClN2O5. The summed E-state index contributed by atoms with van der Waals surface area (Å²) in [7, 11) is 2.88. The fourth-order valence-electron chi connectivity index (χ4n) is 2.80. The number of likely N-dealkylation sites (N-methyl/N-ethyl adjacent to an activating group) is 1. The first kappa shape index (κ1) is 22.4. The quantitative estimate of drug-likeness (QED) is 0.596. The first-order chi connectivity index (χ1) is 13.7. The highest BCUT2D eigenvalue weighted by atomic mass is 35.5. The number of aliphatic hydroxyl groups is 1. The maximum Gasteiger partial charge on any atom is 0.332 e. The molecule has 7 nitrogen and oxygen atoms in total. The number of aliphatic carboxylic acids is 1. The monoisotopic (exact) mass is 418 g/mol. The number of halogens is 1. The van der Waals surface area contributed by atoms with E-state index in [-0.39, 0.29) is 12.8 Å². The second-order valence-corrected chi connectivity index (χ2v) is 7.31. The topological polar surface area (TPSA) is 107 Å². The zero-order valence-corrected chi connectivity index (χ0v) is 16.9. The Morgan fingerprint density at radius 3 is 2.28 bits per heavy atom. The van der Waals surface area contributed by atoms with Gasteiger partial charge in [-0.3, -0.25) is 9.59 Å². The predicted molar refractivity (Wildman–Crippen MR) is 109 cm³/mol. The van der Waals surface area contributed by atoms with Crippen LogP contribution in [-0.4, -0.2) is 59.1 Å². The predicted octanol–water partition coefficient (Wildman–Crippen LogP) is 1.96. The molecule has 29 heavy (non-hydrogen) atoms. The average molecular weight is 419 g/mol. The van der Waals surface area contributed by atoms with E-state index in [4.69, 9.17) is 16.7 Å². The van der Waals surface area contributed by atoms with Crippen molar-refractivity contribution < 1.29 is 24.6 Å². The molecule has 2 aromatic rings. The highest BCUT2D eigenvalue weighted by Gasteiger charge is 2.25. The van der Waals surface area contributed by atoms with E-state index in [1.165, 1.54) is 14.1 Å². The standard InChI is InChI=1S/C21H23ClN2O5/c1-24(2)20(27)19(26)23-17(12-18(25)21(28)29)10-13-6-8-14(9-7-13)15-4-3-5-16(22)11-15/h3-9,11,17-18,25H,10,12H2,1-2H3,(H,23,26)(H,28,29). The van der Waals surface area contributed by atoms with E-state index in [2.05, 4.69) is 5.32 Å². The zero-order valence-electron chi connectivity index (χ0n) is 16.1. The third-order valence-electron chi connectivity index (χ3n) is 4.32. The van der Waals surface area contributed by atoms with Crippen LogP contribution < -0.4 is 5.32 Å². The largest absolute Gasteiger partial charge is 0.479 e.